The van der Waals surface area contributed by atoms with Crippen molar-refractivity contribution >= 4 is 5.91 Å². The zero-order chi connectivity index (χ0) is 10.4. The maximum absolute atomic E-state index is 10.9. The zero-order valence-electron chi connectivity index (χ0n) is 7.60. The number of rotatable bonds is 4. The second-order valence-electron chi connectivity index (χ2n) is 2.90. The maximum atomic E-state index is 10.9. The molecule has 14 heavy (non-hydrogen) atoms. The molecule has 0 fully saturated rings. The van der Waals surface area contributed by atoms with E-state index in [-0.39, 0.29) is 0 Å². The number of carbonyl (C=O) groups is 1. The molecule has 1 rings (SSSR count). The van der Waals surface area contributed by atoms with Crippen LogP contribution in [0, 0.1) is 11.5 Å². The Bertz CT molecular complexity index is 342. The fraction of sp³-hybridized carbons (Fsp3) is 0.200. The number of amides is 1. The van der Waals surface area contributed by atoms with Gasteiger partial charge in [-0.1, -0.05) is 30.3 Å². The lowest BCUT2D eigenvalue weighted by atomic mass is 10.1. The van der Waals surface area contributed by atoms with Gasteiger partial charge in [-0.15, -0.1) is 0 Å². The van der Waals surface area contributed by atoms with Crippen LogP contribution < -0.4 is 11.1 Å². The van der Waals surface area contributed by atoms with E-state index < -0.39 is 11.9 Å². The Kier molecular flexibility index (Phi) is 3.50. The largest absolute Gasteiger partial charge is 0.368 e. The Hall–Kier alpha value is -2.02. The van der Waals surface area contributed by atoms with Gasteiger partial charge in [0, 0.05) is 6.42 Å². The van der Waals surface area contributed by atoms with E-state index in [1.807, 2.05) is 30.3 Å². The highest BCUT2D eigenvalue weighted by atomic mass is 16.1. The quantitative estimate of drug-likeness (QED) is 0.523. The number of carbonyl (C=O) groups excluding carboxylic acids is 1. The Morgan fingerprint density at radius 2 is 2.14 bits per heavy atom. The van der Waals surface area contributed by atoms with Gasteiger partial charge < -0.3 is 11.1 Å². The van der Waals surface area contributed by atoms with Crippen LogP contribution in [-0.2, 0) is 11.2 Å². The van der Waals surface area contributed by atoms with Gasteiger partial charge in [0.1, 0.15) is 6.04 Å². The van der Waals surface area contributed by atoms with Crippen LogP contribution in [0.3, 0.4) is 0 Å². The lowest BCUT2D eigenvalue weighted by Gasteiger charge is -2.10. The number of benzene rings is 1. The first-order valence-electron chi connectivity index (χ1n) is 4.22. The summed E-state index contributed by atoms with van der Waals surface area (Å²) in [5.74, 6) is -0.518. The van der Waals surface area contributed by atoms with Gasteiger partial charge in [0.15, 0.2) is 6.19 Å². The molecule has 1 aromatic carbocycles. The molecule has 1 atom stereocenters. The molecule has 0 radical (unpaired) electrons. The molecule has 0 bridgehead atoms. The standard InChI is InChI=1S/C10H11N3O/c11-7-13-9(10(12)14)6-8-4-2-1-3-5-8/h1-5,9,13H,6H2,(H2,12,14)/t9-/m0/s1. The van der Waals surface area contributed by atoms with E-state index in [0.29, 0.717) is 6.42 Å². The van der Waals surface area contributed by atoms with E-state index in [1.165, 1.54) is 0 Å². The SMILES string of the molecule is N#CN[C@@H](Cc1ccccc1)C(N)=O. The minimum Gasteiger partial charge on any atom is -0.368 e. The minimum atomic E-state index is -0.623. The smallest absolute Gasteiger partial charge is 0.240 e. The number of primary amides is 1. The fourth-order valence-electron chi connectivity index (χ4n) is 1.15. The van der Waals surface area contributed by atoms with Crippen molar-refractivity contribution in [2.24, 2.45) is 5.73 Å². The summed E-state index contributed by atoms with van der Waals surface area (Å²) in [5.41, 5.74) is 6.09. The molecule has 0 aliphatic heterocycles. The van der Waals surface area contributed by atoms with Crippen molar-refractivity contribution in [3.05, 3.63) is 35.9 Å². The maximum Gasteiger partial charge on any atom is 0.240 e. The monoisotopic (exact) mass is 189 g/mol. The summed E-state index contributed by atoms with van der Waals surface area (Å²) in [4.78, 5) is 10.9. The van der Waals surface area contributed by atoms with Crippen LogP contribution in [0.1, 0.15) is 5.56 Å². The minimum absolute atomic E-state index is 0.434. The molecule has 0 unspecified atom stereocenters. The summed E-state index contributed by atoms with van der Waals surface area (Å²) in [6.45, 7) is 0. The van der Waals surface area contributed by atoms with E-state index in [9.17, 15) is 4.79 Å². The Labute approximate surface area is 82.3 Å². The van der Waals surface area contributed by atoms with Gasteiger partial charge in [0.05, 0.1) is 0 Å². The second kappa shape index (κ2) is 4.87. The van der Waals surface area contributed by atoms with E-state index in [4.69, 9.17) is 11.0 Å². The summed E-state index contributed by atoms with van der Waals surface area (Å²) in [7, 11) is 0. The van der Waals surface area contributed by atoms with Gasteiger partial charge in [-0.2, -0.15) is 5.26 Å². The topological polar surface area (TPSA) is 78.9 Å². The number of hydrogen-bond donors (Lipinski definition) is 2. The molecule has 0 aliphatic carbocycles. The normalized spacial score (nSPS) is 11.4. The molecule has 0 aliphatic rings. The molecule has 0 saturated carbocycles. The summed E-state index contributed by atoms with van der Waals surface area (Å²) < 4.78 is 0. The highest BCUT2D eigenvalue weighted by molar-refractivity contribution is 5.80. The molecule has 0 spiro atoms. The van der Waals surface area contributed by atoms with Crippen LogP contribution >= 0.6 is 0 Å². The molecule has 1 amide bonds. The first-order valence-corrected chi connectivity index (χ1v) is 4.22. The van der Waals surface area contributed by atoms with Crippen LogP contribution in [0.5, 0.6) is 0 Å². The lowest BCUT2D eigenvalue weighted by Crippen LogP contribution is -2.40. The van der Waals surface area contributed by atoms with E-state index in [2.05, 4.69) is 5.32 Å². The summed E-state index contributed by atoms with van der Waals surface area (Å²) in [6.07, 6.45) is 2.15. The number of nitriles is 1. The predicted molar refractivity (Wildman–Crippen MR) is 51.9 cm³/mol. The predicted octanol–water partition coefficient (Wildman–Crippen LogP) is 0.154. The van der Waals surface area contributed by atoms with Gasteiger partial charge in [-0.05, 0) is 5.56 Å². The van der Waals surface area contributed by atoms with Crippen molar-refractivity contribution in [3.8, 4) is 6.19 Å². The molecule has 3 N–H and O–H groups in total. The number of nitrogens with zero attached hydrogens (tertiary/aromatic N) is 1. The highest BCUT2D eigenvalue weighted by Crippen LogP contribution is 2.02. The van der Waals surface area contributed by atoms with Crippen molar-refractivity contribution in [1.82, 2.24) is 5.32 Å². The molecule has 72 valence electrons. The third-order valence-electron chi connectivity index (χ3n) is 1.86. The van der Waals surface area contributed by atoms with Crippen LogP contribution in [0.15, 0.2) is 30.3 Å². The molecule has 4 heteroatoms. The average molecular weight is 189 g/mol. The molecule has 4 nitrogen and oxygen atoms in total. The molecule has 0 heterocycles. The van der Waals surface area contributed by atoms with Gasteiger partial charge in [-0.25, -0.2) is 0 Å². The average Bonchev–Trinajstić information content (AvgIpc) is 2.18. The second-order valence-corrected chi connectivity index (χ2v) is 2.90. The summed E-state index contributed by atoms with van der Waals surface area (Å²) in [6, 6.07) is 8.78. The van der Waals surface area contributed by atoms with Crippen LogP contribution in [0.2, 0.25) is 0 Å². The third-order valence-corrected chi connectivity index (χ3v) is 1.86. The van der Waals surface area contributed by atoms with Crippen molar-refractivity contribution < 1.29 is 4.79 Å². The van der Waals surface area contributed by atoms with Crippen molar-refractivity contribution in [3.63, 3.8) is 0 Å². The van der Waals surface area contributed by atoms with Crippen molar-refractivity contribution in [2.75, 3.05) is 0 Å². The molecular formula is C10H11N3O. The van der Waals surface area contributed by atoms with Gasteiger partial charge in [0.25, 0.3) is 0 Å². The first-order chi connectivity index (χ1) is 6.74. The molecule has 0 aromatic heterocycles. The van der Waals surface area contributed by atoms with E-state index >= 15 is 0 Å². The number of nitrogens with two attached hydrogens (primary N) is 1. The molecular weight excluding hydrogens is 178 g/mol. The number of nitrogens with one attached hydrogen (secondary N) is 1. The van der Waals surface area contributed by atoms with E-state index in [1.54, 1.807) is 6.19 Å². The summed E-state index contributed by atoms with van der Waals surface area (Å²) in [5, 5.41) is 10.8. The van der Waals surface area contributed by atoms with Gasteiger partial charge in [0.2, 0.25) is 5.91 Å². The summed E-state index contributed by atoms with van der Waals surface area (Å²) >= 11 is 0. The fourth-order valence-corrected chi connectivity index (χ4v) is 1.15. The first kappa shape index (κ1) is 10.1. The lowest BCUT2D eigenvalue weighted by molar-refractivity contribution is -0.119. The molecule has 0 saturated heterocycles. The molecule has 1 aromatic rings. The Morgan fingerprint density at radius 3 is 2.64 bits per heavy atom. The highest BCUT2D eigenvalue weighted by Gasteiger charge is 2.14. The number of hydrogen-bond acceptors (Lipinski definition) is 3. The van der Waals surface area contributed by atoms with Crippen LogP contribution in [-0.4, -0.2) is 11.9 Å². The van der Waals surface area contributed by atoms with Crippen LogP contribution in [0.4, 0.5) is 0 Å². The van der Waals surface area contributed by atoms with E-state index in [0.717, 1.165) is 5.56 Å². The van der Waals surface area contributed by atoms with Crippen molar-refractivity contribution in [1.29, 1.82) is 5.26 Å². The Morgan fingerprint density at radius 1 is 1.50 bits per heavy atom. The Balaban J connectivity index is 2.66. The van der Waals surface area contributed by atoms with Gasteiger partial charge >= 0.3 is 0 Å². The van der Waals surface area contributed by atoms with Gasteiger partial charge in [-0.3, -0.25) is 4.79 Å². The van der Waals surface area contributed by atoms with Crippen LogP contribution in [0.25, 0.3) is 0 Å². The third kappa shape index (κ3) is 2.79. The van der Waals surface area contributed by atoms with Crippen molar-refractivity contribution in [2.45, 2.75) is 12.5 Å². The zero-order valence-corrected chi connectivity index (χ0v) is 7.60.